The van der Waals surface area contributed by atoms with Crippen molar-refractivity contribution < 1.29 is 19.1 Å². The lowest BCUT2D eigenvalue weighted by atomic mass is 9.90. The Kier molecular flexibility index (Phi) is 5.48. The van der Waals surface area contributed by atoms with Gasteiger partial charge in [0.1, 0.15) is 11.3 Å². The van der Waals surface area contributed by atoms with Crippen LogP contribution in [0, 0.1) is 5.92 Å². The van der Waals surface area contributed by atoms with Gasteiger partial charge in [-0.2, -0.15) is 0 Å². The Bertz CT molecular complexity index is 784. The summed E-state index contributed by atoms with van der Waals surface area (Å²) in [4.78, 5) is 41.3. The molecule has 1 unspecified atom stereocenters. The molecule has 3 fully saturated rings. The molecule has 0 bridgehead atoms. The van der Waals surface area contributed by atoms with Crippen LogP contribution in [-0.4, -0.2) is 53.4 Å². The third-order valence-electron chi connectivity index (χ3n) is 6.47. The number of methoxy groups -OCH3 is 1. The van der Waals surface area contributed by atoms with Crippen LogP contribution in [0.15, 0.2) is 24.3 Å². The van der Waals surface area contributed by atoms with E-state index < -0.39 is 5.54 Å². The third kappa shape index (κ3) is 3.95. The maximum absolute atomic E-state index is 13.1. The van der Waals surface area contributed by atoms with Gasteiger partial charge in [-0.15, -0.1) is 0 Å². The van der Waals surface area contributed by atoms with Gasteiger partial charge in [0, 0.05) is 32.0 Å². The summed E-state index contributed by atoms with van der Waals surface area (Å²) in [5.41, 5.74) is 0.325. The average molecular weight is 399 g/mol. The molecule has 1 aliphatic carbocycles. The van der Waals surface area contributed by atoms with Crippen LogP contribution in [0.4, 0.5) is 4.79 Å². The monoisotopic (exact) mass is 399 g/mol. The Morgan fingerprint density at radius 1 is 1.07 bits per heavy atom. The summed E-state index contributed by atoms with van der Waals surface area (Å²) in [5, 5.41) is 2.98. The van der Waals surface area contributed by atoms with E-state index in [1.165, 1.54) is 4.90 Å². The molecule has 1 aromatic rings. The van der Waals surface area contributed by atoms with Gasteiger partial charge in [-0.05, 0) is 30.5 Å². The molecule has 4 amide bonds. The zero-order chi connectivity index (χ0) is 20.4. The van der Waals surface area contributed by atoms with Gasteiger partial charge in [-0.3, -0.25) is 14.5 Å². The number of carbonyl (C=O) groups is 3. The summed E-state index contributed by atoms with van der Waals surface area (Å²) < 4.78 is 5.17. The van der Waals surface area contributed by atoms with E-state index in [2.05, 4.69) is 5.32 Å². The van der Waals surface area contributed by atoms with E-state index in [1.54, 1.807) is 7.11 Å². The first-order chi connectivity index (χ1) is 14.0. The quantitative estimate of drug-likeness (QED) is 0.772. The predicted octanol–water partition coefficient (Wildman–Crippen LogP) is 2.69. The highest BCUT2D eigenvalue weighted by Gasteiger charge is 2.51. The van der Waals surface area contributed by atoms with Crippen LogP contribution in [0.25, 0.3) is 0 Å². The molecule has 29 heavy (non-hydrogen) atoms. The molecule has 1 atom stereocenters. The second kappa shape index (κ2) is 8.05. The number of urea groups is 1. The standard InChI is InChI=1S/C22H29N3O4/c1-29-18-8-6-16(7-9-18)13-24-14-17(12-19(24)26)15-25-20(27)22(23-21(25)28)10-4-2-3-5-11-22/h6-9,17H,2-5,10-15H2,1H3,(H,23,28). The predicted molar refractivity (Wildman–Crippen MR) is 107 cm³/mol. The molecule has 3 aliphatic rings. The van der Waals surface area contributed by atoms with Crippen molar-refractivity contribution in [2.45, 2.75) is 57.0 Å². The molecule has 4 rings (SSSR count). The van der Waals surface area contributed by atoms with E-state index in [0.29, 0.717) is 26.1 Å². The first kappa shape index (κ1) is 19.7. The molecule has 7 nitrogen and oxygen atoms in total. The third-order valence-corrected chi connectivity index (χ3v) is 6.47. The number of likely N-dealkylation sites (tertiary alicyclic amines) is 1. The minimum absolute atomic E-state index is 0.0172. The number of hydrogen-bond acceptors (Lipinski definition) is 4. The zero-order valence-corrected chi connectivity index (χ0v) is 17.0. The molecular formula is C22H29N3O4. The Hall–Kier alpha value is -2.57. The van der Waals surface area contributed by atoms with Crippen molar-refractivity contribution in [1.82, 2.24) is 15.1 Å². The molecule has 2 aliphatic heterocycles. The minimum atomic E-state index is -0.709. The SMILES string of the molecule is COc1ccc(CN2CC(CN3C(=O)NC4(CCCCCC4)C3=O)CC2=O)cc1. The summed E-state index contributed by atoms with van der Waals surface area (Å²) in [6.07, 6.45) is 5.99. The van der Waals surface area contributed by atoms with Crippen molar-refractivity contribution in [3.8, 4) is 5.75 Å². The summed E-state index contributed by atoms with van der Waals surface area (Å²) in [6, 6.07) is 7.37. The largest absolute Gasteiger partial charge is 0.497 e. The van der Waals surface area contributed by atoms with Gasteiger partial charge in [-0.1, -0.05) is 37.8 Å². The second-order valence-corrected chi connectivity index (χ2v) is 8.53. The summed E-state index contributed by atoms with van der Waals surface area (Å²) in [7, 11) is 1.62. The normalized spacial score (nSPS) is 24.2. The number of hydrogen-bond donors (Lipinski definition) is 1. The van der Waals surface area contributed by atoms with Crippen LogP contribution in [0.1, 0.15) is 50.5 Å². The van der Waals surface area contributed by atoms with E-state index in [0.717, 1.165) is 49.8 Å². The topological polar surface area (TPSA) is 79.0 Å². The lowest BCUT2D eigenvalue weighted by molar-refractivity contribution is -0.132. The number of carbonyl (C=O) groups excluding carboxylic acids is 3. The van der Waals surface area contributed by atoms with Crippen LogP contribution < -0.4 is 10.1 Å². The lowest BCUT2D eigenvalue weighted by Gasteiger charge is -2.25. The fourth-order valence-corrected chi connectivity index (χ4v) is 4.85. The number of imide groups is 1. The van der Waals surface area contributed by atoms with Crippen LogP contribution in [-0.2, 0) is 16.1 Å². The Morgan fingerprint density at radius 2 is 1.76 bits per heavy atom. The molecule has 2 saturated heterocycles. The summed E-state index contributed by atoms with van der Waals surface area (Å²) in [5.74, 6) is 0.745. The Morgan fingerprint density at radius 3 is 2.41 bits per heavy atom. The molecule has 1 aromatic carbocycles. The first-order valence-electron chi connectivity index (χ1n) is 10.6. The minimum Gasteiger partial charge on any atom is -0.497 e. The number of ether oxygens (including phenoxy) is 1. The van der Waals surface area contributed by atoms with Gasteiger partial charge >= 0.3 is 6.03 Å². The molecule has 0 aromatic heterocycles. The number of rotatable bonds is 5. The number of nitrogens with one attached hydrogen (secondary N) is 1. The highest BCUT2D eigenvalue weighted by atomic mass is 16.5. The van der Waals surface area contributed by atoms with E-state index in [1.807, 2.05) is 29.2 Å². The van der Waals surface area contributed by atoms with Crippen molar-refractivity contribution in [3.05, 3.63) is 29.8 Å². The van der Waals surface area contributed by atoms with Crippen molar-refractivity contribution in [3.63, 3.8) is 0 Å². The zero-order valence-electron chi connectivity index (χ0n) is 17.0. The van der Waals surface area contributed by atoms with Crippen LogP contribution in [0.3, 0.4) is 0 Å². The number of benzene rings is 1. The van der Waals surface area contributed by atoms with Gasteiger partial charge in [0.05, 0.1) is 7.11 Å². The number of nitrogens with zero attached hydrogens (tertiary/aromatic N) is 2. The fourth-order valence-electron chi connectivity index (χ4n) is 4.85. The van der Waals surface area contributed by atoms with Crippen LogP contribution >= 0.6 is 0 Å². The van der Waals surface area contributed by atoms with Crippen molar-refractivity contribution in [1.29, 1.82) is 0 Å². The van der Waals surface area contributed by atoms with E-state index in [9.17, 15) is 14.4 Å². The maximum atomic E-state index is 13.1. The lowest BCUT2D eigenvalue weighted by Crippen LogP contribution is -2.46. The Balaban J connectivity index is 1.38. The molecule has 1 N–H and O–H groups in total. The molecule has 0 radical (unpaired) electrons. The maximum Gasteiger partial charge on any atom is 0.325 e. The van der Waals surface area contributed by atoms with Crippen LogP contribution in [0.5, 0.6) is 5.75 Å². The van der Waals surface area contributed by atoms with Crippen LogP contribution in [0.2, 0.25) is 0 Å². The van der Waals surface area contributed by atoms with Gasteiger partial charge in [0.25, 0.3) is 5.91 Å². The van der Waals surface area contributed by atoms with E-state index >= 15 is 0 Å². The first-order valence-corrected chi connectivity index (χ1v) is 10.6. The average Bonchev–Trinajstić information content (AvgIpc) is 3.04. The van der Waals surface area contributed by atoms with Crippen molar-refractivity contribution in [2.75, 3.05) is 20.2 Å². The molecule has 156 valence electrons. The number of amides is 4. The van der Waals surface area contributed by atoms with Gasteiger partial charge in [0.2, 0.25) is 5.91 Å². The summed E-state index contributed by atoms with van der Waals surface area (Å²) >= 11 is 0. The van der Waals surface area contributed by atoms with E-state index in [-0.39, 0.29) is 23.8 Å². The van der Waals surface area contributed by atoms with E-state index in [4.69, 9.17) is 4.74 Å². The molecule has 1 spiro atoms. The molecule has 2 heterocycles. The molecule has 7 heteroatoms. The van der Waals surface area contributed by atoms with Gasteiger partial charge in [0.15, 0.2) is 0 Å². The van der Waals surface area contributed by atoms with Crippen molar-refractivity contribution in [2.24, 2.45) is 5.92 Å². The second-order valence-electron chi connectivity index (χ2n) is 8.53. The van der Waals surface area contributed by atoms with Gasteiger partial charge in [-0.25, -0.2) is 4.79 Å². The highest BCUT2D eigenvalue weighted by molar-refractivity contribution is 6.07. The molecule has 1 saturated carbocycles. The van der Waals surface area contributed by atoms with Crippen molar-refractivity contribution >= 4 is 17.8 Å². The summed E-state index contributed by atoms with van der Waals surface area (Å²) in [6.45, 7) is 1.41. The fraction of sp³-hybridized carbons (Fsp3) is 0.591. The Labute approximate surface area is 171 Å². The molecular weight excluding hydrogens is 370 g/mol. The smallest absolute Gasteiger partial charge is 0.325 e. The highest BCUT2D eigenvalue weighted by Crippen LogP contribution is 2.34. The van der Waals surface area contributed by atoms with Gasteiger partial charge < -0.3 is 15.0 Å².